The average molecular weight is 325 g/mol. The standard InChI is InChI=1S/C19H23N3O2/c1-2-24-18(23)22-12-8-19(9-13-22)16-6-4-3-5-15(16)7-11-21-14-10-20-17(19)21/h3-6,10,14H,2,7-9,11-13H2,1H3. The first-order valence-electron chi connectivity index (χ1n) is 8.76. The van der Waals surface area contributed by atoms with Crippen molar-refractivity contribution >= 4 is 6.09 Å². The van der Waals surface area contributed by atoms with E-state index < -0.39 is 0 Å². The number of carbonyl (C=O) groups excluding carboxylic acids is 1. The summed E-state index contributed by atoms with van der Waals surface area (Å²) in [4.78, 5) is 18.6. The molecule has 1 amide bonds. The molecule has 1 fully saturated rings. The van der Waals surface area contributed by atoms with E-state index in [1.54, 1.807) is 0 Å². The van der Waals surface area contributed by atoms with Crippen LogP contribution in [0.4, 0.5) is 4.79 Å². The number of amides is 1. The minimum atomic E-state index is -0.197. The molecule has 1 aromatic heterocycles. The van der Waals surface area contributed by atoms with E-state index in [-0.39, 0.29) is 11.5 Å². The summed E-state index contributed by atoms with van der Waals surface area (Å²) >= 11 is 0. The molecule has 126 valence electrons. The Morgan fingerprint density at radius 2 is 2.04 bits per heavy atom. The second kappa shape index (κ2) is 5.96. The molecule has 0 radical (unpaired) electrons. The van der Waals surface area contributed by atoms with Gasteiger partial charge in [0.2, 0.25) is 0 Å². The first-order valence-corrected chi connectivity index (χ1v) is 8.76. The van der Waals surface area contributed by atoms with Gasteiger partial charge < -0.3 is 14.2 Å². The fourth-order valence-corrected chi connectivity index (χ4v) is 4.25. The quantitative estimate of drug-likeness (QED) is 0.810. The monoisotopic (exact) mass is 325 g/mol. The van der Waals surface area contributed by atoms with Gasteiger partial charge in [-0.25, -0.2) is 9.78 Å². The van der Waals surface area contributed by atoms with Crippen molar-refractivity contribution in [3.8, 4) is 0 Å². The SMILES string of the molecule is CCOC(=O)N1CCC2(CC1)c1ccccc1CCn1ccnc12. The molecule has 0 N–H and O–H groups in total. The van der Waals surface area contributed by atoms with Crippen molar-refractivity contribution in [2.45, 2.75) is 38.1 Å². The van der Waals surface area contributed by atoms with Gasteiger partial charge in [0.15, 0.2) is 0 Å². The normalized spacial score (nSPS) is 18.6. The number of nitrogens with zero attached hydrogens (tertiary/aromatic N) is 3. The number of benzene rings is 1. The molecule has 5 nitrogen and oxygen atoms in total. The van der Waals surface area contributed by atoms with Gasteiger partial charge in [0.05, 0.1) is 12.0 Å². The zero-order valence-corrected chi connectivity index (χ0v) is 14.1. The van der Waals surface area contributed by atoms with Gasteiger partial charge in [0.1, 0.15) is 5.82 Å². The number of piperidine rings is 1. The molecule has 1 aromatic carbocycles. The molecule has 0 unspecified atom stereocenters. The largest absolute Gasteiger partial charge is 0.450 e. The summed E-state index contributed by atoms with van der Waals surface area (Å²) in [6, 6.07) is 8.73. The molecular weight excluding hydrogens is 302 g/mol. The molecule has 0 bridgehead atoms. The Kier molecular flexibility index (Phi) is 3.79. The smallest absolute Gasteiger partial charge is 0.409 e. The highest BCUT2D eigenvalue weighted by Crippen LogP contribution is 2.44. The summed E-state index contributed by atoms with van der Waals surface area (Å²) in [5, 5.41) is 0. The summed E-state index contributed by atoms with van der Waals surface area (Å²) in [6.45, 7) is 4.66. The van der Waals surface area contributed by atoms with Crippen LogP contribution in [0.3, 0.4) is 0 Å². The number of imidazole rings is 1. The van der Waals surface area contributed by atoms with Crippen LogP contribution in [0, 0.1) is 0 Å². The van der Waals surface area contributed by atoms with E-state index in [1.165, 1.54) is 11.1 Å². The lowest BCUT2D eigenvalue weighted by Crippen LogP contribution is -2.47. The third-order valence-electron chi connectivity index (χ3n) is 5.44. The third-order valence-corrected chi connectivity index (χ3v) is 5.44. The third kappa shape index (κ3) is 2.30. The van der Waals surface area contributed by atoms with Crippen LogP contribution < -0.4 is 0 Å². The van der Waals surface area contributed by atoms with Crippen molar-refractivity contribution in [1.29, 1.82) is 0 Å². The highest BCUT2D eigenvalue weighted by molar-refractivity contribution is 5.68. The number of hydrogen-bond donors (Lipinski definition) is 0. The number of ether oxygens (including phenoxy) is 1. The van der Waals surface area contributed by atoms with Gasteiger partial charge in [-0.3, -0.25) is 0 Å². The molecule has 1 saturated heterocycles. The van der Waals surface area contributed by atoms with Crippen LogP contribution in [0.15, 0.2) is 36.7 Å². The van der Waals surface area contributed by atoms with Gasteiger partial charge in [-0.1, -0.05) is 24.3 Å². The van der Waals surface area contributed by atoms with Crippen molar-refractivity contribution in [2.75, 3.05) is 19.7 Å². The molecule has 4 rings (SSSR count). The minimum absolute atomic E-state index is 0.0976. The van der Waals surface area contributed by atoms with Gasteiger partial charge in [-0.15, -0.1) is 0 Å². The lowest BCUT2D eigenvalue weighted by atomic mass is 9.70. The van der Waals surface area contributed by atoms with Crippen LogP contribution in [0.1, 0.15) is 36.7 Å². The predicted octanol–water partition coefficient (Wildman–Crippen LogP) is 2.98. The van der Waals surface area contributed by atoms with E-state index in [9.17, 15) is 4.79 Å². The van der Waals surface area contributed by atoms with Crippen LogP contribution in [-0.2, 0) is 23.1 Å². The van der Waals surface area contributed by atoms with Gasteiger partial charge in [0, 0.05) is 32.0 Å². The molecule has 3 heterocycles. The van der Waals surface area contributed by atoms with E-state index in [1.807, 2.05) is 18.0 Å². The van der Waals surface area contributed by atoms with Gasteiger partial charge in [-0.2, -0.15) is 0 Å². The first-order chi connectivity index (χ1) is 11.7. The maximum absolute atomic E-state index is 12.1. The maximum Gasteiger partial charge on any atom is 0.409 e. The Labute approximate surface area is 142 Å². The zero-order valence-electron chi connectivity index (χ0n) is 14.1. The predicted molar refractivity (Wildman–Crippen MR) is 91.0 cm³/mol. The second-order valence-corrected chi connectivity index (χ2v) is 6.62. The number of aryl methyl sites for hydroxylation is 2. The average Bonchev–Trinajstić information content (AvgIpc) is 3.05. The van der Waals surface area contributed by atoms with E-state index >= 15 is 0 Å². The van der Waals surface area contributed by atoms with Crippen LogP contribution >= 0.6 is 0 Å². The van der Waals surface area contributed by atoms with Crippen LogP contribution in [-0.4, -0.2) is 40.2 Å². The summed E-state index contributed by atoms with van der Waals surface area (Å²) in [6.07, 6.45) is 6.60. The van der Waals surface area contributed by atoms with Crippen molar-refractivity contribution in [3.05, 3.63) is 53.6 Å². The lowest BCUT2D eigenvalue weighted by Gasteiger charge is -2.41. The summed E-state index contributed by atoms with van der Waals surface area (Å²) in [5.74, 6) is 1.15. The molecule has 0 saturated carbocycles. The first kappa shape index (κ1) is 15.2. The molecule has 0 atom stereocenters. The molecule has 2 aromatic rings. The Balaban J connectivity index is 1.72. The Hall–Kier alpha value is -2.30. The fourth-order valence-electron chi connectivity index (χ4n) is 4.25. The summed E-state index contributed by atoms with van der Waals surface area (Å²) < 4.78 is 7.46. The van der Waals surface area contributed by atoms with Crippen LogP contribution in [0.2, 0.25) is 0 Å². The zero-order chi connectivity index (χ0) is 16.6. The Bertz CT molecular complexity index is 745. The highest BCUT2D eigenvalue weighted by Gasteiger charge is 2.44. The number of likely N-dealkylation sites (tertiary alicyclic amines) is 1. The molecule has 2 aliphatic rings. The van der Waals surface area contributed by atoms with E-state index in [2.05, 4.69) is 35.0 Å². The fraction of sp³-hybridized carbons (Fsp3) is 0.474. The topological polar surface area (TPSA) is 47.4 Å². The molecule has 24 heavy (non-hydrogen) atoms. The Morgan fingerprint density at radius 1 is 1.25 bits per heavy atom. The molecule has 0 aliphatic carbocycles. The van der Waals surface area contributed by atoms with Crippen molar-refractivity contribution in [3.63, 3.8) is 0 Å². The summed E-state index contributed by atoms with van der Waals surface area (Å²) in [7, 11) is 0. The van der Waals surface area contributed by atoms with E-state index in [0.29, 0.717) is 19.7 Å². The number of fused-ring (bicyclic) bond motifs is 4. The van der Waals surface area contributed by atoms with E-state index in [0.717, 1.165) is 31.6 Å². The van der Waals surface area contributed by atoms with Crippen LogP contribution in [0.5, 0.6) is 0 Å². The Morgan fingerprint density at radius 3 is 2.83 bits per heavy atom. The number of carbonyl (C=O) groups is 1. The van der Waals surface area contributed by atoms with E-state index in [4.69, 9.17) is 9.72 Å². The molecule has 5 heteroatoms. The van der Waals surface area contributed by atoms with Crippen LogP contribution in [0.25, 0.3) is 0 Å². The van der Waals surface area contributed by atoms with Gasteiger partial charge in [0.25, 0.3) is 0 Å². The van der Waals surface area contributed by atoms with Gasteiger partial charge >= 0.3 is 6.09 Å². The van der Waals surface area contributed by atoms with Crippen molar-refractivity contribution in [2.24, 2.45) is 0 Å². The molecular formula is C19H23N3O2. The highest BCUT2D eigenvalue weighted by atomic mass is 16.6. The van der Waals surface area contributed by atoms with Gasteiger partial charge in [-0.05, 0) is 37.3 Å². The minimum Gasteiger partial charge on any atom is -0.450 e. The number of rotatable bonds is 1. The maximum atomic E-state index is 12.1. The lowest BCUT2D eigenvalue weighted by molar-refractivity contribution is 0.0896. The number of hydrogen-bond acceptors (Lipinski definition) is 3. The second-order valence-electron chi connectivity index (χ2n) is 6.62. The van der Waals surface area contributed by atoms with Crippen molar-refractivity contribution < 1.29 is 9.53 Å². The number of aromatic nitrogens is 2. The molecule has 2 aliphatic heterocycles. The molecule has 1 spiro atoms. The summed E-state index contributed by atoms with van der Waals surface area (Å²) in [5.41, 5.74) is 2.70. The van der Waals surface area contributed by atoms with Crippen molar-refractivity contribution in [1.82, 2.24) is 14.5 Å².